The normalized spacial score (nSPS) is 10.9. The van der Waals surface area contributed by atoms with E-state index in [4.69, 9.17) is 9.15 Å². The van der Waals surface area contributed by atoms with Crippen LogP contribution in [0.2, 0.25) is 0 Å². The highest BCUT2D eigenvalue weighted by Gasteiger charge is 2.13. The Kier molecular flexibility index (Phi) is 5.73. The first kappa shape index (κ1) is 18.2. The van der Waals surface area contributed by atoms with Crippen LogP contribution in [0, 0.1) is 0 Å². The van der Waals surface area contributed by atoms with Gasteiger partial charge in [-0.3, -0.25) is 4.79 Å². The van der Waals surface area contributed by atoms with Gasteiger partial charge in [0.15, 0.2) is 5.78 Å². The second kappa shape index (κ2) is 8.19. The third-order valence-electron chi connectivity index (χ3n) is 3.97. The SMILES string of the molecule is COc1ccc(-c2nnc(SCC(=O)c3ccc(C(C)C)cc3)o2)cc1. The van der Waals surface area contributed by atoms with Gasteiger partial charge in [-0.05, 0) is 35.7 Å². The molecule has 0 bridgehead atoms. The summed E-state index contributed by atoms with van der Waals surface area (Å²) in [6.45, 7) is 4.26. The lowest BCUT2D eigenvalue weighted by molar-refractivity contribution is 0.102. The first-order valence-corrected chi connectivity index (χ1v) is 9.29. The van der Waals surface area contributed by atoms with E-state index < -0.39 is 0 Å². The maximum atomic E-state index is 12.3. The molecule has 6 heteroatoms. The van der Waals surface area contributed by atoms with Crippen LogP contribution in [0.3, 0.4) is 0 Å². The molecule has 0 aliphatic carbocycles. The van der Waals surface area contributed by atoms with Crippen molar-refractivity contribution in [1.29, 1.82) is 0 Å². The monoisotopic (exact) mass is 368 g/mol. The number of ether oxygens (including phenoxy) is 1. The molecule has 0 aliphatic heterocycles. The summed E-state index contributed by atoms with van der Waals surface area (Å²) in [5.41, 5.74) is 2.72. The van der Waals surface area contributed by atoms with E-state index in [1.165, 1.54) is 17.3 Å². The molecule has 3 rings (SSSR count). The van der Waals surface area contributed by atoms with E-state index in [0.29, 0.717) is 22.6 Å². The van der Waals surface area contributed by atoms with Gasteiger partial charge < -0.3 is 9.15 Å². The number of hydrogen-bond donors (Lipinski definition) is 0. The smallest absolute Gasteiger partial charge is 0.277 e. The van der Waals surface area contributed by atoms with Crippen molar-refractivity contribution >= 4 is 17.5 Å². The molecule has 0 spiro atoms. The van der Waals surface area contributed by atoms with Crippen LogP contribution in [0.15, 0.2) is 58.2 Å². The first-order valence-electron chi connectivity index (χ1n) is 8.30. The highest BCUT2D eigenvalue weighted by molar-refractivity contribution is 7.99. The Balaban J connectivity index is 1.61. The second-order valence-corrected chi connectivity index (χ2v) is 7.02. The van der Waals surface area contributed by atoms with Crippen LogP contribution in [0.1, 0.15) is 35.7 Å². The average Bonchev–Trinajstić information content (AvgIpc) is 3.15. The molecule has 1 aromatic heterocycles. The molecule has 0 aliphatic rings. The van der Waals surface area contributed by atoms with Gasteiger partial charge in [0.2, 0.25) is 5.89 Å². The van der Waals surface area contributed by atoms with Crippen molar-refractivity contribution < 1.29 is 13.9 Å². The Hall–Kier alpha value is -2.60. The Morgan fingerprint density at radius 3 is 2.38 bits per heavy atom. The van der Waals surface area contributed by atoms with Gasteiger partial charge in [-0.2, -0.15) is 0 Å². The van der Waals surface area contributed by atoms with Crippen LogP contribution in [0.25, 0.3) is 11.5 Å². The van der Waals surface area contributed by atoms with Crippen LogP contribution in [-0.2, 0) is 0 Å². The van der Waals surface area contributed by atoms with Crippen molar-refractivity contribution in [2.75, 3.05) is 12.9 Å². The van der Waals surface area contributed by atoms with E-state index in [1.54, 1.807) is 7.11 Å². The van der Waals surface area contributed by atoms with Crippen LogP contribution in [0.4, 0.5) is 0 Å². The summed E-state index contributed by atoms with van der Waals surface area (Å²) in [6.07, 6.45) is 0. The molecule has 1 heterocycles. The van der Waals surface area contributed by atoms with E-state index in [2.05, 4.69) is 24.0 Å². The number of benzene rings is 2. The molecule has 0 saturated heterocycles. The van der Waals surface area contributed by atoms with Crippen LogP contribution in [0.5, 0.6) is 5.75 Å². The Morgan fingerprint density at radius 2 is 1.77 bits per heavy atom. The fraction of sp³-hybridized carbons (Fsp3) is 0.250. The van der Waals surface area contributed by atoms with Crippen molar-refractivity contribution in [3.63, 3.8) is 0 Å². The van der Waals surface area contributed by atoms with Gasteiger partial charge in [-0.1, -0.05) is 49.9 Å². The number of carbonyl (C=O) groups excluding carboxylic acids is 1. The third-order valence-corrected chi connectivity index (χ3v) is 4.79. The van der Waals surface area contributed by atoms with Gasteiger partial charge in [-0.15, -0.1) is 10.2 Å². The van der Waals surface area contributed by atoms with Crippen molar-refractivity contribution in [1.82, 2.24) is 10.2 Å². The molecule has 2 aromatic carbocycles. The van der Waals surface area contributed by atoms with Crippen molar-refractivity contribution in [3.05, 3.63) is 59.7 Å². The number of rotatable bonds is 7. The number of nitrogens with zero attached hydrogens (tertiary/aromatic N) is 2. The van der Waals surface area contributed by atoms with Crippen LogP contribution >= 0.6 is 11.8 Å². The molecule has 0 amide bonds. The van der Waals surface area contributed by atoms with Gasteiger partial charge in [0.1, 0.15) is 5.75 Å². The first-order chi connectivity index (χ1) is 12.6. The van der Waals surface area contributed by atoms with E-state index >= 15 is 0 Å². The highest BCUT2D eigenvalue weighted by atomic mass is 32.2. The molecule has 0 radical (unpaired) electrons. The van der Waals surface area contributed by atoms with E-state index in [0.717, 1.165) is 11.3 Å². The minimum absolute atomic E-state index is 0.0366. The summed E-state index contributed by atoms with van der Waals surface area (Å²) in [5.74, 6) is 1.92. The molecular formula is C20H20N2O3S. The predicted molar refractivity (Wildman–Crippen MR) is 102 cm³/mol. The largest absolute Gasteiger partial charge is 0.497 e. The van der Waals surface area contributed by atoms with Crippen LogP contribution < -0.4 is 4.74 Å². The van der Waals surface area contributed by atoms with Gasteiger partial charge in [0, 0.05) is 11.1 Å². The molecule has 26 heavy (non-hydrogen) atoms. The van der Waals surface area contributed by atoms with Crippen molar-refractivity contribution in [3.8, 4) is 17.2 Å². The molecule has 3 aromatic rings. The molecule has 0 fully saturated rings. The maximum Gasteiger partial charge on any atom is 0.277 e. The fourth-order valence-corrected chi connectivity index (χ4v) is 3.04. The lowest BCUT2D eigenvalue weighted by Crippen LogP contribution is -2.02. The summed E-state index contributed by atoms with van der Waals surface area (Å²) >= 11 is 1.24. The number of ketones is 1. The summed E-state index contributed by atoms with van der Waals surface area (Å²) in [5, 5.41) is 8.41. The Bertz CT molecular complexity index is 871. The summed E-state index contributed by atoms with van der Waals surface area (Å²) in [6, 6.07) is 15.1. The zero-order valence-electron chi connectivity index (χ0n) is 14.9. The third kappa shape index (κ3) is 4.32. The molecule has 134 valence electrons. The van der Waals surface area contributed by atoms with Crippen LogP contribution in [-0.4, -0.2) is 28.8 Å². The fourth-order valence-electron chi connectivity index (χ4n) is 2.38. The van der Waals surface area contributed by atoms with Crippen molar-refractivity contribution in [2.45, 2.75) is 25.0 Å². The van der Waals surface area contributed by atoms with Gasteiger partial charge >= 0.3 is 0 Å². The number of thioether (sulfide) groups is 1. The number of methoxy groups -OCH3 is 1. The number of carbonyl (C=O) groups is 1. The average molecular weight is 368 g/mol. The molecular weight excluding hydrogens is 348 g/mol. The molecule has 0 unspecified atom stereocenters. The summed E-state index contributed by atoms with van der Waals surface area (Å²) in [7, 11) is 1.61. The zero-order chi connectivity index (χ0) is 18.5. The highest BCUT2D eigenvalue weighted by Crippen LogP contribution is 2.25. The quantitative estimate of drug-likeness (QED) is 0.439. The van der Waals surface area contributed by atoms with E-state index in [1.807, 2.05) is 48.5 Å². The molecule has 5 nitrogen and oxygen atoms in total. The van der Waals surface area contributed by atoms with Crippen molar-refractivity contribution in [2.24, 2.45) is 0 Å². The number of aromatic nitrogens is 2. The standard InChI is InChI=1S/C20H20N2O3S/c1-13(2)14-4-6-15(7-5-14)18(23)12-26-20-22-21-19(25-20)16-8-10-17(24-3)11-9-16/h4-11,13H,12H2,1-3H3. The van der Waals surface area contributed by atoms with Gasteiger partial charge in [0.05, 0.1) is 12.9 Å². The number of Topliss-reactive ketones (excluding diaryl/α,β-unsaturated/α-hetero) is 1. The lowest BCUT2D eigenvalue weighted by Gasteiger charge is -2.05. The van der Waals surface area contributed by atoms with Gasteiger partial charge in [-0.25, -0.2) is 0 Å². The minimum atomic E-state index is 0.0366. The van der Waals surface area contributed by atoms with Gasteiger partial charge in [0.25, 0.3) is 5.22 Å². The van der Waals surface area contributed by atoms with E-state index in [-0.39, 0.29) is 11.5 Å². The lowest BCUT2D eigenvalue weighted by atomic mass is 10.0. The topological polar surface area (TPSA) is 65.2 Å². The predicted octanol–water partition coefficient (Wildman–Crippen LogP) is 4.84. The maximum absolute atomic E-state index is 12.3. The minimum Gasteiger partial charge on any atom is -0.497 e. The molecule has 0 saturated carbocycles. The summed E-state index contributed by atoms with van der Waals surface area (Å²) < 4.78 is 10.8. The van der Waals surface area contributed by atoms with E-state index in [9.17, 15) is 4.79 Å². The Labute approximate surface area is 156 Å². The second-order valence-electron chi connectivity index (χ2n) is 6.09. The summed E-state index contributed by atoms with van der Waals surface area (Å²) in [4.78, 5) is 12.3. The Morgan fingerprint density at radius 1 is 1.08 bits per heavy atom. The zero-order valence-corrected chi connectivity index (χ0v) is 15.7. The molecule has 0 atom stereocenters. The molecule has 0 N–H and O–H groups in total. The number of hydrogen-bond acceptors (Lipinski definition) is 6.